The minimum Gasteiger partial charge on any atom is -0.493 e. The zero-order valence-electron chi connectivity index (χ0n) is 17.1. The van der Waals surface area contributed by atoms with Crippen molar-refractivity contribution in [3.05, 3.63) is 53.8 Å². The first-order chi connectivity index (χ1) is 13.8. The minimum atomic E-state index is -0.374. The van der Waals surface area contributed by atoms with Crippen LogP contribution in [0.3, 0.4) is 0 Å². The zero-order chi connectivity index (χ0) is 21.4. The molecule has 8 heteroatoms. The molecule has 0 aromatic heterocycles. The normalized spacial score (nSPS) is 10.6. The number of halogens is 1. The summed E-state index contributed by atoms with van der Waals surface area (Å²) in [6, 6.07) is 11.0. The summed E-state index contributed by atoms with van der Waals surface area (Å²) in [6.45, 7) is 0.438. The van der Waals surface area contributed by atoms with E-state index < -0.39 is 0 Å². The Labute approximate surface area is 170 Å². The quantitative estimate of drug-likeness (QED) is 0.696. The predicted molar refractivity (Wildman–Crippen MR) is 109 cm³/mol. The summed E-state index contributed by atoms with van der Waals surface area (Å²) < 4.78 is 23.6. The molecule has 0 aliphatic heterocycles. The van der Waals surface area contributed by atoms with Gasteiger partial charge in [0.05, 0.1) is 27.3 Å². The fraction of sp³-hybridized carbons (Fsp3) is 0.333. The van der Waals surface area contributed by atoms with Crippen molar-refractivity contribution in [3.8, 4) is 11.5 Å². The first-order valence-corrected chi connectivity index (χ1v) is 9.01. The van der Waals surface area contributed by atoms with Crippen LogP contribution in [-0.4, -0.2) is 63.0 Å². The maximum Gasteiger partial charge on any atom is 0.238 e. The Bertz CT molecular complexity index is 842. The van der Waals surface area contributed by atoms with Gasteiger partial charge in [0.15, 0.2) is 11.5 Å². The molecule has 0 spiro atoms. The number of nitrogens with one attached hydrogen (secondary N) is 1. The summed E-state index contributed by atoms with van der Waals surface area (Å²) in [5.41, 5.74) is 1.32. The molecular weight excluding hydrogens is 377 g/mol. The third-order valence-electron chi connectivity index (χ3n) is 4.26. The molecule has 0 atom stereocenters. The van der Waals surface area contributed by atoms with Crippen LogP contribution in [0, 0.1) is 5.82 Å². The standard InChI is InChI=1S/C21H26FN3O4/c1-24(13-19(26)23-17-10-8-16(22)9-11-17)14-20(27)25(2)12-15-6-5-7-18(28-3)21(15)29-4/h5-11H,12-14H2,1-4H3,(H,23,26). The Morgan fingerprint density at radius 3 is 2.31 bits per heavy atom. The lowest BCUT2D eigenvalue weighted by Gasteiger charge is -2.23. The number of hydrogen-bond acceptors (Lipinski definition) is 5. The highest BCUT2D eigenvalue weighted by Crippen LogP contribution is 2.31. The molecule has 0 fully saturated rings. The van der Waals surface area contributed by atoms with Crippen molar-refractivity contribution in [2.75, 3.05) is 46.7 Å². The maximum atomic E-state index is 12.9. The molecule has 2 rings (SSSR count). The van der Waals surface area contributed by atoms with Crippen LogP contribution in [0.2, 0.25) is 0 Å². The second-order valence-electron chi connectivity index (χ2n) is 6.63. The van der Waals surface area contributed by atoms with Gasteiger partial charge in [-0.2, -0.15) is 0 Å². The smallest absolute Gasteiger partial charge is 0.238 e. The molecular formula is C21H26FN3O4. The van der Waals surface area contributed by atoms with E-state index in [-0.39, 0.29) is 30.7 Å². The number of para-hydroxylation sites is 1. The van der Waals surface area contributed by atoms with E-state index in [0.717, 1.165) is 5.56 Å². The Kier molecular flexibility index (Phi) is 7.97. The number of carbonyl (C=O) groups is 2. The van der Waals surface area contributed by atoms with Crippen molar-refractivity contribution in [1.82, 2.24) is 9.80 Å². The molecule has 7 nitrogen and oxygen atoms in total. The fourth-order valence-electron chi connectivity index (χ4n) is 2.81. The average Bonchev–Trinajstić information content (AvgIpc) is 2.69. The predicted octanol–water partition coefficient (Wildman–Crippen LogP) is 2.37. The van der Waals surface area contributed by atoms with Gasteiger partial charge in [-0.1, -0.05) is 12.1 Å². The van der Waals surface area contributed by atoms with Crippen LogP contribution in [-0.2, 0) is 16.1 Å². The molecule has 0 unspecified atom stereocenters. The Hall–Kier alpha value is -3.13. The van der Waals surface area contributed by atoms with Crippen molar-refractivity contribution in [2.45, 2.75) is 6.54 Å². The highest BCUT2D eigenvalue weighted by Gasteiger charge is 2.17. The van der Waals surface area contributed by atoms with E-state index >= 15 is 0 Å². The lowest BCUT2D eigenvalue weighted by Crippen LogP contribution is -2.39. The van der Waals surface area contributed by atoms with Gasteiger partial charge in [0.2, 0.25) is 11.8 Å². The van der Waals surface area contributed by atoms with Crippen molar-refractivity contribution in [1.29, 1.82) is 0 Å². The van der Waals surface area contributed by atoms with Crippen LogP contribution >= 0.6 is 0 Å². The molecule has 0 heterocycles. The van der Waals surface area contributed by atoms with E-state index in [1.165, 1.54) is 24.3 Å². The van der Waals surface area contributed by atoms with E-state index in [1.807, 2.05) is 12.1 Å². The molecule has 156 valence electrons. The van der Waals surface area contributed by atoms with Crippen LogP contribution in [0.4, 0.5) is 10.1 Å². The fourth-order valence-corrected chi connectivity index (χ4v) is 2.81. The number of anilines is 1. The summed E-state index contributed by atoms with van der Waals surface area (Å²) in [5, 5.41) is 2.67. The van der Waals surface area contributed by atoms with Crippen molar-refractivity contribution >= 4 is 17.5 Å². The first-order valence-electron chi connectivity index (χ1n) is 9.01. The third kappa shape index (κ3) is 6.46. The van der Waals surface area contributed by atoms with E-state index in [0.29, 0.717) is 23.7 Å². The summed E-state index contributed by atoms with van der Waals surface area (Å²) in [6.07, 6.45) is 0. The highest BCUT2D eigenvalue weighted by atomic mass is 19.1. The minimum absolute atomic E-state index is 0.0272. The lowest BCUT2D eigenvalue weighted by atomic mass is 10.1. The molecule has 2 amide bonds. The van der Waals surface area contributed by atoms with E-state index in [1.54, 1.807) is 44.2 Å². The van der Waals surface area contributed by atoms with Gasteiger partial charge in [-0.3, -0.25) is 14.5 Å². The summed E-state index contributed by atoms with van der Waals surface area (Å²) >= 11 is 0. The monoisotopic (exact) mass is 403 g/mol. The maximum absolute atomic E-state index is 12.9. The summed E-state index contributed by atoms with van der Waals surface area (Å²) in [7, 11) is 6.48. The van der Waals surface area contributed by atoms with E-state index in [4.69, 9.17) is 9.47 Å². The molecule has 0 aliphatic rings. The number of hydrogen-bond donors (Lipinski definition) is 1. The number of likely N-dealkylation sites (N-methyl/N-ethyl adjacent to an activating group) is 2. The molecule has 1 N–H and O–H groups in total. The van der Waals surface area contributed by atoms with Crippen LogP contribution in [0.5, 0.6) is 11.5 Å². The van der Waals surface area contributed by atoms with Crippen LogP contribution in [0.15, 0.2) is 42.5 Å². The van der Waals surface area contributed by atoms with Gasteiger partial charge in [0, 0.05) is 24.8 Å². The molecule has 0 bridgehead atoms. The summed E-state index contributed by atoms with van der Waals surface area (Å²) in [5.74, 6) is 0.375. The number of amides is 2. The lowest BCUT2D eigenvalue weighted by molar-refractivity contribution is -0.131. The topological polar surface area (TPSA) is 71.1 Å². The Morgan fingerprint density at radius 1 is 1.00 bits per heavy atom. The largest absolute Gasteiger partial charge is 0.493 e. The van der Waals surface area contributed by atoms with Crippen LogP contribution < -0.4 is 14.8 Å². The van der Waals surface area contributed by atoms with Crippen molar-refractivity contribution in [3.63, 3.8) is 0 Å². The van der Waals surface area contributed by atoms with Gasteiger partial charge in [-0.25, -0.2) is 4.39 Å². The number of benzene rings is 2. The van der Waals surface area contributed by atoms with Gasteiger partial charge in [-0.05, 0) is 37.4 Å². The van der Waals surface area contributed by atoms with Gasteiger partial charge in [0.25, 0.3) is 0 Å². The number of nitrogens with zero attached hydrogens (tertiary/aromatic N) is 2. The van der Waals surface area contributed by atoms with Gasteiger partial charge in [0.1, 0.15) is 5.82 Å². The molecule has 0 radical (unpaired) electrons. The van der Waals surface area contributed by atoms with Gasteiger partial charge >= 0.3 is 0 Å². The van der Waals surface area contributed by atoms with E-state index in [2.05, 4.69) is 5.32 Å². The number of rotatable bonds is 9. The van der Waals surface area contributed by atoms with E-state index in [9.17, 15) is 14.0 Å². The molecule has 2 aromatic carbocycles. The molecule has 29 heavy (non-hydrogen) atoms. The number of methoxy groups -OCH3 is 2. The highest BCUT2D eigenvalue weighted by molar-refractivity contribution is 5.92. The van der Waals surface area contributed by atoms with Crippen molar-refractivity contribution in [2.24, 2.45) is 0 Å². The SMILES string of the molecule is COc1cccc(CN(C)C(=O)CN(C)CC(=O)Nc2ccc(F)cc2)c1OC. The van der Waals surface area contributed by atoms with Crippen molar-refractivity contribution < 1.29 is 23.5 Å². The summed E-state index contributed by atoms with van der Waals surface area (Å²) in [4.78, 5) is 27.8. The van der Waals surface area contributed by atoms with Gasteiger partial charge in [-0.15, -0.1) is 0 Å². The molecule has 2 aromatic rings. The van der Waals surface area contributed by atoms with Crippen LogP contribution in [0.25, 0.3) is 0 Å². The Balaban J connectivity index is 1.88. The second kappa shape index (κ2) is 10.4. The third-order valence-corrected chi connectivity index (χ3v) is 4.26. The average molecular weight is 403 g/mol. The number of ether oxygens (including phenoxy) is 2. The number of carbonyl (C=O) groups excluding carboxylic acids is 2. The Morgan fingerprint density at radius 2 is 1.69 bits per heavy atom. The zero-order valence-corrected chi connectivity index (χ0v) is 17.1. The molecule has 0 saturated carbocycles. The van der Waals surface area contributed by atoms with Gasteiger partial charge < -0.3 is 19.7 Å². The first kappa shape index (κ1) is 22.2. The second-order valence-corrected chi connectivity index (χ2v) is 6.63. The molecule has 0 saturated heterocycles. The van der Waals surface area contributed by atoms with Crippen LogP contribution in [0.1, 0.15) is 5.56 Å². The molecule has 0 aliphatic carbocycles.